The molecule has 0 bridgehead atoms. The molecule has 2 N–H and O–H groups in total. The number of amides is 3. The van der Waals surface area contributed by atoms with E-state index in [2.05, 4.69) is 27.4 Å². The number of fused-ring (bicyclic) bond motifs is 1. The van der Waals surface area contributed by atoms with Crippen molar-refractivity contribution in [1.82, 2.24) is 20.4 Å². The summed E-state index contributed by atoms with van der Waals surface area (Å²) in [6.45, 7) is 8.42. The van der Waals surface area contributed by atoms with Crippen LogP contribution in [0, 0.1) is 5.82 Å². The Morgan fingerprint density at radius 2 is 1.76 bits per heavy atom. The number of halogens is 1. The summed E-state index contributed by atoms with van der Waals surface area (Å²) in [5.41, 5.74) is 1.18. The van der Waals surface area contributed by atoms with E-state index >= 15 is 4.39 Å². The molecule has 6 rings (SSSR count). The van der Waals surface area contributed by atoms with Crippen LogP contribution in [-0.4, -0.2) is 90.6 Å². The highest BCUT2D eigenvalue weighted by atomic mass is 19.1. The molecule has 1 aromatic carbocycles. The third-order valence-electron chi connectivity index (χ3n) is 9.23. The van der Waals surface area contributed by atoms with Crippen LogP contribution in [0.2, 0.25) is 0 Å². The monoisotopic (exact) mass is 527 g/mol. The van der Waals surface area contributed by atoms with Gasteiger partial charge in [0, 0.05) is 49.3 Å². The maximum atomic E-state index is 16.1. The molecule has 1 unspecified atom stereocenters. The molecule has 0 aromatic heterocycles. The molecule has 0 radical (unpaired) electrons. The predicted molar refractivity (Wildman–Crippen MR) is 139 cm³/mol. The van der Waals surface area contributed by atoms with Gasteiger partial charge in [0.25, 0.3) is 5.91 Å². The van der Waals surface area contributed by atoms with Gasteiger partial charge in [-0.25, -0.2) is 4.39 Å². The quantitative estimate of drug-likeness (QED) is 0.566. The fourth-order valence-corrected chi connectivity index (χ4v) is 7.04. The van der Waals surface area contributed by atoms with Gasteiger partial charge < -0.3 is 19.9 Å². The number of nitrogens with one attached hydrogen (secondary N) is 2. The number of benzene rings is 1. The van der Waals surface area contributed by atoms with Gasteiger partial charge in [0.15, 0.2) is 5.82 Å². The summed E-state index contributed by atoms with van der Waals surface area (Å²) < 4.78 is 22.4. The second-order valence-corrected chi connectivity index (χ2v) is 11.6. The largest absolute Gasteiger partial charge is 0.375 e. The van der Waals surface area contributed by atoms with Crippen LogP contribution in [-0.2, 0) is 14.3 Å². The average Bonchev–Trinajstić information content (AvgIpc) is 3.13. The topological polar surface area (TPSA) is 94.2 Å². The van der Waals surface area contributed by atoms with Gasteiger partial charge >= 0.3 is 0 Å². The van der Waals surface area contributed by atoms with Gasteiger partial charge in [-0.05, 0) is 71.2 Å². The molecule has 1 saturated carbocycles. The number of hydrogen-bond acceptors (Lipinski definition) is 7. The van der Waals surface area contributed by atoms with Gasteiger partial charge in [-0.1, -0.05) is 0 Å². The minimum Gasteiger partial charge on any atom is -0.375 e. The van der Waals surface area contributed by atoms with Crippen LogP contribution in [0.1, 0.15) is 74.3 Å². The third-order valence-corrected chi connectivity index (χ3v) is 9.23. The van der Waals surface area contributed by atoms with Gasteiger partial charge in [0.05, 0.1) is 23.9 Å². The number of piperazine rings is 1. The van der Waals surface area contributed by atoms with Gasteiger partial charge in [-0.15, -0.1) is 0 Å². The van der Waals surface area contributed by atoms with Crippen molar-refractivity contribution in [2.24, 2.45) is 0 Å². The lowest BCUT2D eigenvalue weighted by Crippen LogP contribution is -2.59. The summed E-state index contributed by atoms with van der Waals surface area (Å²) in [6.07, 6.45) is 5.51. The van der Waals surface area contributed by atoms with Crippen molar-refractivity contribution in [2.75, 3.05) is 37.6 Å². The molecular weight excluding hydrogens is 489 g/mol. The van der Waals surface area contributed by atoms with E-state index in [0.29, 0.717) is 41.6 Å². The molecular formula is C28H38FN5O4. The maximum absolute atomic E-state index is 16.1. The van der Waals surface area contributed by atoms with E-state index in [9.17, 15) is 14.4 Å². The summed E-state index contributed by atoms with van der Waals surface area (Å²) >= 11 is 0. The minimum absolute atomic E-state index is 0.124. The Morgan fingerprint density at radius 1 is 1.00 bits per heavy atom. The molecule has 3 amide bonds. The third kappa shape index (κ3) is 4.50. The summed E-state index contributed by atoms with van der Waals surface area (Å²) in [6, 6.07) is 2.72. The Balaban J connectivity index is 1.10. The summed E-state index contributed by atoms with van der Waals surface area (Å²) in [7, 11) is 0. The van der Waals surface area contributed by atoms with Crippen molar-refractivity contribution < 1.29 is 23.5 Å². The SMILES string of the molecule is C[C@@H]1CN([C@H]2C[C@H](OC3CCNCC3)C2)CCN1c1ccc2c(c1F)[C@@H](C)N(C1CCC(=O)NC1=O)C2=O. The number of ether oxygens (including phenoxy) is 1. The average molecular weight is 528 g/mol. The fraction of sp³-hybridized carbons (Fsp3) is 0.679. The van der Waals surface area contributed by atoms with E-state index in [1.165, 1.54) is 4.90 Å². The Labute approximate surface area is 223 Å². The number of nitrogens with zero attached hydrogens (tertiary/aromatic N) is 3. The first-order chi connectivity index (χ1) is 18.3. The number of imide groups is 1. The number of hydrogen-bond donors (Lipinski definition) is 2. The van der Waals surface area contributed by atoms with Crippen LogP contribution in [0.25, 0.3) is 0 Å². The van der Waals surface area contributed by atoms with Gasteiger partial charge in [-0.3, -0.25) is 24.6 Å². The highest BCUT2D eigenvalue weighted by Crippen LogP contribution is 2.42. The smallest absolute Gasteiger partial charge is 0.255 e. The highest BCUT2D eigenvalue weighted by Gasteiger charge is 2.45. The second-order valence-electron chi connectivity index (χ2n) is 11.6. The Kier molecular flexibility index (Phi) is 6.90. The molecule has 1 aliphatic carbocycles. The molecule has 4 fully saturated rings. The van der Waals surface area contributed by atoms with Crippen LogP contribution in [0.15, 0.2) is 12.1 Å². The Hall–Kier alpha value is -2.56. The molecule has 4 heterocycles. The number of carbonyl (C=O) groups is 3. The van der Waals surface area contributed by atoms with Gasteiger partial charge in [-0.2, -0.15) is 0 Å². The van der Waals surface area contributed by atoms with E-state index in [1.54, 1.807) is 19.1 Å². The lowest BCUT2D eigenvalue weighted by atomic mass is 9.86. The number of rotatable bonds is 5. The van der Waals surface area contributed by atoms with E-state index in [-0.39, 0.29) is 36.5 Å². The van der Waals surface area contributed by atoms with E-state index in [1.807, 2.05) is 0 Å². The van der Waals surface area contributed by atoms with Crippen molar-refractivity contribution >= 4 is 23.4 Å². The lowest BCUT2D eigenvalue weighted by Gasteiger charge is -2.49. The Morgan fingerprint density at radius 3 is 2.47 bits per heavy atom. The zero-order chi connectivity index (χ0) is 26.6. The fourth-order valence-electron chi connectivity index (χ4n) is 7.04. The molecule has 1 aromatic rings. The van der Waals surface area contributed by atoms with E-state index < -0.39 is 18.0 Å². The predicted octanol–water partition coefficient (Wildman–Crippen LogP) is 1.96. The lowest BCUT2D eigenvalue weighted by molar-refractivity contribution is -0.137. The van der Waals surface area contributed by atoms with E-state index in [4.69, 9.17) is 4.74 Å². The highest BCUT2D eigenvalue weighted by molar-refractivity contribution is 6.06. The van der Waals surface area contributed by atoms with Crippen LogP contribution < -0.4 is 15.5 Å². The first kappa shape index (κ1) is 25.7. The van der Waals surface area contributed by atoms with Crippen LogP contribution in [0.4, 0.5) is 10.1 Å². The normalized spacial score (nSPS) is 32.8. The maximum Gasteiger partial charge on any atom is 0.255 e. The molecule has 3 saturated heterocycles. The first-order valence-corrected chi connectivity index (χ1v) is 14.2. The van der Waals surface area contributed by atoms with Crippen LogP contribution >= 0.6 is 0 Å². The molecule has 5 aliphatic rings. The zero-order valence-corrected chi connectivity index (χ0v) is 22.2. The molecule has 0 spiro atoms. The van der Waals surface area contributed by atoms with E-state index in [0.717, 1.165) is 51.9 Å². The summed E-state index contributed by atoms with van der Waals surface area (Å²) in [5.74, 6) is -1.55. The van der Waals surface area contributed by atoms with Crippen molar-refractivity contribution in [2.45, 2.75) is 88.7 Å². The van der Waals surface area contributed by atoms with Gasteiger partial charge in [0.1, 0.15) is 6.04 Å². The number of anilines is 1. The molecule has 9 nitrogen and oxygen atoms in total. The van der Waals surface area contributed by atoms with Crippen molar-refractivity contribution in [1.29, 1.82) is 0 Å². The van der Waals surface area contributed by atoms with Gasteiger partial charge in [0.2, 0.25) is 11.8 Å². The number of piperidine rings is 2. The second kappa shape index (κ2) is 10.2. The number of carbonyl (C=O) groups excluding carboxylic acids is 3. The van der Waals surface area contributed by atoms with Crippen molar-refractivity contribution in [3.8, 4) is 0 Å². The van der Waals surface area contributed by atoms with Crippen molar-refractivity contribution in [3.05, 3.63) is 29.1 Å². The molecule has 3 atom stereocenters. The van der Waals surface area contributed by atoms with Crippen LogP contribution in [0.5, 0.6) is 0 Å². The molecule has 38 heavy (non-hydrogen) atoms. The molecule has 4 aliphatic heterocycles. The molecule has 10 heteroatoms. The van der Waals surface area contributed by atoms with Crippen molar-refractivity contribution in [3.63, 3.8) is 0 Å². The Bertz CT molecular complexity index is 1120. The van der Waals surface area contributed by atoms with Crippen LogP contribution in [0.3, 0.4) is 0 Å². The summed E-state index contributed by atoms with van der Waals surface area (Å²) in [5, 5.41) is 5.70. The zero-order valence-electron chi connectivity index (χ0n) is 22.2. The minimum atomic E-state index is -0.766. The standard InChI is InChI=1S/C28H38FN5O4/c1-16-15-32(18-13-20(14-18)38-19-7-9-30-10-8-19)11-12-33(16)22-4-3-21-25(26(22)29)17(2)34(28(21)37)23-5-6-24(35)31-27(23)36/h3-4,16-20,23,30H,5-15H2,1-2H3,(H,31,35,36)/t16-,17-,18-,20-,23?/m1/s1. The molecule has 206 valence electrons. The first-order valence-electron chi connectivity index (χ1n) is 14.2. The summed E-state index contributed by atoms with van der Waals surface area (Å²) in [4.78, 5) is 43.3.